The molecule has 0 spiro atoms. The molecular formula is C29H20Br2N4O. The number of nitrogens with one attached hydrogen (secondary N) is 2. The highest BCUT2D eigenvalue weighted by molar-refractivity contribution is 9.11. The number of halogens is 2. The molecule has 0 aliphatic carbocycles. The minimum absolute atomic E-state index is 0.528. The van der Waals surface area contributed by atoms with Gasteiger partial charge in [0.1, 0.15) is 6.29 Å². The van der Waals surface area contributed by atoms with Crippen LogP contribution in [0.5, 0.6) is 0 Å². The Hall–Kier alpha value is -3.55. The summed E-state index contributed by atoms with van der Waals surface area (Å²) in [5, 5.41) is 0. The Bertz CT molecular complexity index is 1730. The van der Waals surface area contributed by atoms with Crippen LogP contribution in [0.1, 0.15) is 40.3 Å². The average molecular weight is 600 g/mol. The lowest BCUT2D eigenvalue weighted by Crippen LogP contribution is -1.90. The Morgan fingerprint density at radius 2 is 1.47 bits per heavy atom. The van der Waals surface area contributed by atoms with Crippen molar-refractivity contribution in [3.05, 3.63) is 104 Å². The summed E-state index contributed by atoms with van der Waals surface area (Å²) in [6.45, 7) is 0. The van der Waals surface area contributed by atoms with Crippen molar-refractivity contribution in [2.45, 2.75) is 12.8 Å². The van der Waals surface area contributed by atoms with Crippen LogP contribution in [-0.4, -0.2) is 26.2 Å². The molecule has 0 saturated heterocycles. The van der Waals surface area contributed by atoms with Gasteiger partial charge in [0, 0.05) is 23.0 Å². The monoisotopic (exact) mass is 598 g/mol. The standard InChI is InChI=1S/C29H20Br2N4O/c30-27-24-10-7-19(32-24)14-20-9-12-26(34-20)28(31)29-23(18-5-3-17(4-6-18)2-1-13-36)16-22(35-29)15-21-8-11-25(27)33-21/h3-16,33-34H,1-2H2. The fourth-order valence-corrected chi connectivity index (χ4v) is 5.37. The Morgan fingerprint density at radius 1 is 0.778 bits per heavy atom. The summed E-state index contributed by atoms with van der Waals surface area (Å²) < 4.78 is 1.79. The van der Waals surface area contributed by atoms with Gasteiger partial charge in [-0.1, -0.05) is 24.3 Å². The van der Waals surface area contributed by atoms with E-state index in [1.54, 1.807) is 0 Å². The molecule has 3 aromatic heterocycles. The first-order valence-corrected chi connectivity index (χ1v) is 13.1. The predicted octanol–water partition coefficient (Wildman–Crippen LogP) is 7.73. The molecular weight excluding hydrogens is 580 g/mol. The number of aromatic amines is 2. The highest BCUT2D eigenvalue weighted by Gasteiger charge is 2.17. The van der Waals surface area contributed by atoms with E-state index in [1.807, 2.05) is 48.6 Å². The van der Waals surface area contributed by atoms with Crippen LogP contribution in [0.3, 0.4) is 0 Å². The lowest BCUT2D eigenvalue weighted by Gasteiger charge is -2.06. The van der Waals surface area contributed by atoms with Crippen molar-refractivity contribution >= 4 is 84.0 Å². The third kappa shape index (κ3) is 4.40. The van der Waals surface area contributed by atoms with Gasteiger partial charge < -0.3 is 14.8 Å². The van der Waals surface area contributed by atoms with E-state index in [1.165, 1.54) is 0 Å². The molecule has 0 unspecified atom stereocenters. The van der Waals surface area contributed by atoms with Gasteiger partial charge in [-0.25, -0.2) is 9.97 Å². The third-order valence-electron chi connectivity index (χ3n) is 6.20. The number of aldehydes is 1. The van der Waals surface area contributed by atoms with E-state index in [0.717, 1.165) is 83.2 Å². The van der Waals surface area contributed by atoms with Crippen molar-refractivity contribution in [2.75, 3.05) is 0 Å². The van der Waals surface area contributed by atoms with Crippen molar-refractivity contribution < 1.29 is 4.79 Å². The Kier molecular flexibility index (Phi) is 6.03. The van der Waals surface area contributed by atoms with Gasteiger partial charge >= 0.3 is 0 Å². The highest BCUT2D eigenvalue weighted by atomic mass is 79.9. The van der Waals surface area contributed by atoms with Crippen LogP contribution in [-0.2, 0) is 11.2 Å². The SMILES string of the molecule is O=CCCc1ccc(C2=Cc3cc4ccc([nH]4)c(Br)c4nc(cc5ccc([nH]5)c(Br)c2n3)C=C4)cc1. The van der Waals surface area contributed by atoms with E-state index in [4.69, 9.17) is 9.97 Å². The predicted molar refractivity (Wildman–Crippen MR) is 153 cm³/mol. The van der Waals surface area contributed by atoms with Crippen LogP contribution in [0.4, 0.5) is 0 Å². The zero-order chi connectivity index (χ0) is 24.6. The number of aromatic nitrogens is 4. The largest absolute Gasteiger partial charge is 0.354 e. The zero-order valence-corrected chi connectivity index (χ0v) is 22.2. The summed E-state index contributed by atoms with van der Waals surface area (Å²) in [6, 6.07) is 20.6. The molecule has 4 aromatic rings. The molecule has 0 fully saturated rings. The first kappa shape index (κ1) is 22.9. The molecule has 0 atom stereocenters. The third-order valence-corrected chi connectivity index (χ3v) is 7.83. The number of rotatable bonds is 4. The van der Waals surface area contributed by atoms with Crippen molar-refractivity contribution in [1.29, 1.82) is 0 Å². The second-order valence-electron chi connectivity index (χ2n) is 8.67. The number of benzene rings is 1. The normalized spacial score (nSPS) is 12.6. The van der Waals surface area contributed by atoms with Gasteiger partial charge in [-0.15, -0.1) is 0 Å². The van der Waals surface area contributed by atoms with Crippen molar-refractivity contribution in [2.24, 2.45) is 0 Å². The van der Waals surface area contributed by atoms with Gasteiger partial charge in [0.15, 0.2) is 0 Å². The molecule has 8 bridgehead atoms. The Balaban J connectivity index is 1.59. The van der Waals surface area contributed by atoms with Crippen molar-refractivity contribution in [3.63, 3.8) is 0 Å². The van der Waals surface area contributed by atoms with Crippen LogP contribution < -0.4 is 0 Å². The maximum absolute atomic E-state index is 10.8. The molecule has 0 saturated carbocycles. The summed E-state index contributed by atoms with van der Waals surface area (Å²) in [6.07, 6.45) is 8.35. The first-order chi connectivity index (χ1) is 17.6. The summed E-state index contributed by atoms with van der Waals surface area (Å²) in [7, 11) is 0. The molecule has 176 valence electrons. The number of H-pyrrole nitrogens is 2. The van der Waals surface area contributed by atoms with Gasteiger partial charge in [0.05, 0.1) is 42.8 Å². The molecule has 6 rings (SSSR count). The fraction of sp³-hybridized carbons (Fsp3) is 0.0690. The van der Waals surface area contributed by atoms with E-state index < -0.39 is 0 Å². The van der Waals surface area contributed by atoms with E-state index in [0.29, 0.717) is 6.42 Å². The smallest absolute Gasteiger partial charge is 0.120 e. The van der Waals surface area contributed by atoms with Gasteiger partial charge in [-0.2, -0.15) is 0 Å². The average Bonchev–Trinajstić information content (AvgIpc) is 3.69. The Labute approximate surface area is 224 Å². The van der Waals surface area contributed by atoms with E-state index in [-0.39, 0.29) is 0 Å². The van der Waals surface area contributed by atoms with Crippen LogP contribution >= 0.6 is 31.9 Å². The molecule has 0 amide bonds. The first-order valence-electron chi connectivity index (χ1n) is 11.6. The molecule has 7 heteroatoms. The molecule has 5 heterocycles. The quantitative estimate of drug-likeness (QED) is 0.204. The van der Waals surface area contributed by atoms with E-state index in [2.05, 4.69) is 72.2 Å². The summed E-state index contributed by atoms with van der Waals surface area (Å²) in [5.41, 5.74) is 10.5. The summed E-state index contributed by atoms with van der Waals surface area (Å²) >= 11 is 7.54. The molecule has 2 N–H and O–H groups in total. The van der Waals surface area contributed by atoms with E-state index >= 15 is 0 Å². The van der Waals surface area contributed by atoms with Crippen LogP contribution in [0.25, 0.3) is 45.9 Å². The maximum atomic E-state index is 10.8. The number of aryl methyl sites for hydroxylation is 1. The number of carbonyl (C=O) groups excluding carboxylic acids is 1. The minimum Gasteiger partial charge on any atom is -0.354 e. The maximum Gasteiger partial charge on any atom is 0.120 e. The zero-order valence-electron chi connectivity index (χ0n) is 19.1. The van der Waals surface area contributed by atoms with Crippen molar-refractivity contribution in [3.8, 4) is 0 Å². The topological polar surface area (TPSA) is 74.4 Å². The van der Waals surface area contributed by atoms with Gasteiger partial charge in [-0.3, -0.25) is 0 Å². The number of fused-ring (bicyclic) bond motifs is 8. The molecule has 0 radical (unpaired) electrons. The van der Waals surface area contributed by atoms with Crippen molar-refractivity contribution in [1.82, 2.24) is 19.9 Å². The molecule has 2 aliphatic heterocycles. The van der Waals surface area contributed by atoms with Gasteiger partial charge in [0.25, 0.3) is 0 Å². The molecule has 2 aliphatic rings. The lowest BCUT2D eigenvalue weighted by molar-refractivity contribution is -0.107. The second-order valence-corrected chi connectivity index (χ2v) is 10.3. The molecule has 36 heavy (non-hydrogen) atoms. The van der Waals surface area contributed by atoms with Crippen LogP contribution in [0.15, 0.2) is 69.6 Å². The lowest BCUT2D eigenvalue weighted by atomic mass is 10.00. The minimum atomic E-state index is 0.528. The summed E-state index contributed by atoms with van der Waals surface area (Å²) in [5.74, 6) is 0. The number of hydrogen-bond acceptors (Lipinski definition) is 3. The Morgan fingerprint density at radius 3 is 2.19 bits per heavy atom. The number of carbonyl (C=O) groups is 1. The molecule has 5 nitrogen and oxygen atoms in total. The van der Waals surface area contributed by atoms with Crippen LogP contribution in [0, 0.1) is 0 Å². The van der Waals surface area contributed by atoms with Gasteiger partial charge in [0.2, 0.25) is 0 Å². The fourth-order valence-electron chi connectivity index (χ4n) is 4.39. The number of nitrogens with zero attached hydrogens (tertiary/aromatic N) is 2. The summed E-state index contributed by atoms with van der Waals surface area (Å²) in [4.78, 5) is 27.4. The molecule has 1 aromatic carbocycles. The number of hydrogen-bond donors (Lipinski definition) is 2. The second kappa shape index (κ2) is 9.48. The van der Waals surface area contributed by atoms with Gasteiger partial charge in [-0.05, 0) is 104 Å². The van der Waals surface area contributed by atoms with Crippen LogP contribution in [0.2, 0.25) is 0 Å². The van der Waals surface area contributed by atoms with E-state index in [9.17, 15) is 4.79 Å². The highest BCUT2D eigenvalue weighted by Crippen LogP contribution is 2.35.